The molecular formula is C13H15NO4S. The lowest BCUT2D eigenvalue weighted by Gasteiger charge is -2.04. The van der Waals surface area contributed by atoms with Gasteiger partial charge >= 0.3 is 5.04 Å². The van der Waals surface area contributed by atoms with Gasteiger partial charge in [-0.3, -0.25) is 5.21 Å². The monoisotopic (exact) mass is 281 g/mol. The molecule has 102 valence electrons. The summed E-state index contributed by atoms with van der Waals surface area (Å²) in [7, 11) is -3.50. The minimum Gasteiger partial charge on any atom is -0.394 e. The van der Waals surface area contributed by atoms with Crippen LogP contribution in [0.5, 0.6) is 0 Å². The zero-order valence-electron chi connectivity index (χ0n) is 10.7. The van der Waals surface area contributed by atoms with Crippen LogP contribution in [0, 0.1) is 12.1 Å². The van der Waals surface area contributed by atoms with Crippen molar-refractivity contribution in [1.82, 2.24) is 0 Å². The third kappa shape index (κ3) is 3.35. The van der Waals surface area contributed by atoms with Gasteiger partial charge in [0.1, 0.15) is 0 Å². The molecule has 1 aliphatic heterocycles. The van der Waals surface area contributed by atoms with Crippen LogP contribution in [0.1, 0.15) is 17.5 Å². The third-order valence-electron chi connectivity index (χ3n) is 2.82. The summed E-state index contributed by atoms with van der Waals surface area (Å²) in [6.45, 7) is 2.00. The summed E-state index contributed by atoms with van der Waals surface area (Å²) in [5, 5.41) is 11.1. The average Bonchev–Trinajstić information content (AvgIpc) is 2.70. The zero-order valence-corrected chi connectivity index (χ0v) is 11.6. The van der Waals surface area contributed by atoms with Gasteiger partial charge in [-0.05, 0) is 12.5 Å². The van der Waals surface area contributed by atoms with Crippen molar-refractivity contribution >= 4 is 21.0 Å². The molecule has 0 saturated carbocycles. The molecular weight excluding hydrogens is 266 g/mol. The van der Waals surface area contributed by atoms with Crippen molar-refractivity contribution in [3.63, 3.8) is 0 Å². The molecule has 0 fully saturated rings. The van der Waals surface area contributed by atoms with Crippen molar-refractivity contribution in [2.45, 2.75) is 19.4 Å². The SMILES string of the molecule is Cc1ccc(/C=C/C2CC(S(C)(=O)=O)=[N+]([O-])O2)cc1. The van der Waals surface area contributed by atoms with Gasteiger partial charge in [-0.25, -0.2) is 8.42 Å². The smallest absolute Gasteiger partial charge is 0.335 e. The molecule has 1 heterocycles. The van der Waals surface area contributed by atoms with Crippen LogP contribution >= 0.6 is 0 Å². The van der Waals surface area contributed by atoms with E-state index in [1.807, 2.05) is 37.3 Å². The van der Waals surface area contributed by atoms with Crippen molar-refractivity contribution < 1.29 is 18.2 Å². The van der Waals surface area contributed by atoms with Gasteiger partial charge < -0.3 is 4.84 Å². The van der Waals surface area contributed by atoms with Crippen LogP contribution in [-0.2, 0) is 14.7 Å². The first-order valence-corrected chi connectivity index (χ1v) is 7.70. The maximum atomic E-state index is 11.3. The highest BCUT2D eigenvalue weighted by molar-refractivity contribution is 8.05. The first kappa shape index (κ1) is 13.6. The molecule has 19 heavy (non-hydrogen) atoms. The summed E-state index contributed by atoms with van der Waals surface area (Å²) in [5.41, 5.74) is 2.13. The lowest BCUT2D eigenvalue weighted by atomic mass is 10.1. The Labute approximate surface area is 112 Å². The molecule has 0 bridgehead atoms. The molecule has 0 aromatic heterocycles. The molecule has 1 aromatic rings. The Morgan fingerprint density at radius 2 is 2.00 bits per heavy atom. The van der Waals surface area contributed by atoms with E-state index in [9.17, 15) is 13.6 Å². The van der Waals surface area contributed by atoms with Gasteiger partial charge in [0.2, 0.25) is 9.84 Å². The van der Waals surface area contributed by atoms with Crippen LogP contribution in [-0.4, -0.2) is 30.7 Å². The van der Waals surface area contributed by atoms with E-state index in [1.54, 1.807) is 6.08 Å². The second-order valence-electron chi connectivity index (χ2n) is 4.54. The number of hydrogen-bond donors (Lipinski definition) is 0. The van der Waals surface area contributed by atoms with E-state index >= 15 is 0 Å². The van der Waals surface area contributed by atoms with Gasteiger partial charge in [0, 0.05) is 6.26 Å². The molecule has 1 unspecified atom stereocenters. The Hall–Kier alpha value is -1.82. The summed E-state index contributed by atoms with van der Waals surface area (Å²) < 4.78 is 22.6. The second kappa shape index (κ2) is 5.05. The van der Waals surface area contributed by atoms with Gasteiger partial charge in [0.05, 0.1) is 17.4 Å². The number of benzene rings is 1. The Kier molecular flexibility index (Phi) is 3.61. The van der Waals surface area contributed by atoms with Crippen molar-refractivity contribution in [2.24, 2.45) is 0 Å². The van der Waals surface area contributed by atoms with E-state index in [0.29, 0.717) is 0 Å². The first-order chi connectivity index (χ1) is 8.86. The van der Waals surface area contributed by atoms with Crippen molar-refractivity contribution in [3.05, 3.63) is 46.7 Å². The predicted octanol–water partition coefficient (Wildman–Crippen LogP) is 1.67. The molecule has 6 heteroatoms. The summed E-state index contributed by atoms with van der Waals surface area (Å²) in [4.78, 5) is 5.02. The number of hydrogen-bond acceptors (Lipinski definition) is 4. The molecule has 0 radical (unpaired) electrons. The molecule has 0 N–H and O–H groups in total. The standard InChI is InChI=1S/C13H15NO4S/c1-10-3-5-11(6-4-10)7-8-12-9-13(14(15)18-12)19(2,16)17/h3-8,12H,9H2,1-2H3/b8-7+. The highest BCUT2D eigenvalue weighted by Gasteiger charge is 2.34. The fourth-order valence-corrected chi connectivity index (χ4v) is 2.53. The Bertz CT molecular complexity index is 629. The van der Waals surface area contributed by atoms with Gasteiger partial charge in [-0.15, -0.1) is 0 Å². The molecule has 2 rings (SSSR count). The molecule has 1 aliphatic rings. The fourth-order valence-electron chi connectivity index (χ4n) is 1.75. The quantitative estimate of drug-likeness (QED) is 0.773. The molecule has 0 spiro atoms. The molecule has 0 saturated heterocycles. The van der Waals surface area contributed by atoms with Gasteiger partial charge in [0.25, 0.3) is 0 Å². The van der Waals surface area contributed by atoms with E-state index in [4.69, 9.17) is 4.84 Å². The Morgan fingerprint density at radius 1 is 1.37 bits per heavy atom. The maximum Gasteiger partial charge on any atom is 0.335 e. The van der Waals surface area contributed by atoms with E-state index < -0.39 is 15.9 Å². The zero-order chi connectivity index (χ0) is 14.0. The lowest BCUT2D eigenvalue weighted by Crippen LogP contribution is -2.17. The second-order valence-corrected chi connectivity index (χ2v) is 6.56. The molecule has 1 aromatic carbocycles. The van der Waals surface area contributed by atoms with E-state index in [-0.39, 0.29) is 16.4 Å². The van der Waals surface area contributed by atoms with E-state index in [1.165, 1.54) is 0 Å². The van der Waals surface area contributed by atoms with Crippen LogP contribution in [0.4, 0.5) is 0 Å². The number of aryl methyl sites for hydroxylation is 1. The Balaban J connectivity index is 2.06. The van der Waals surface area contributed by atoms with E-state index in [2.05, 4.69) is 0 Å². The van der Waals surface area contributed by atoms with Crippen LogP contribution in [0.2, 0.25) is 0 Å². The van der Waals surface area contributed by atoms with Crippen LogP contribution in [0.3, 0.4) is 0 Å². The third-order valence-corrected chi connectivity index (χ3v) is 3.99. The van der Waals surface area contributed by atoms with Gasteiger partial charge in [-0.2, -0.15) is 0 Å². The lowest BCUT2D eigenvalue weighted by molar-refractivity contribution is -0.736. The fraction of sp³-hybridized carbons (Fsp3) is 0.308. The molecule has 1 atom stereocenters. The minimum atomic E-state index is -3.50. The minimum absolute atomic E-state index is 0.0741. The summed E-state index contributed by atoms with van der Waals surface area (Å²) in [5.74, 6) is 0. The molecule has 5 nitrogen and oxygen atoms in total. The van der Waals surface area contributed by atoms with Gasteiger partial charge in [0.15, 0.2) is 0 Å². The van der Waals surface area contributed by atoms with Crippen LogP contribution < -0.4 is 0 Å². The normalized spacial score (nSPS) is 20.0. The maximum absolute atomic E-state index is 11.3. The average molecular weight is 281 g/mol. The van der Waals surface area contributed by atoms with Crippen molar-refractivity contribution in [1.29, 1.82) is 0 Å². The van der Waals surface area contributed by atoms with Crippen molar-refractivity contribution in [3.8, 4) is 0 Å². The predicted molar refractivity (Wildman–Crippen MR) is 73.2 cm³/mol. The highest BCUT2D eigenvalue weighted by atomic mass is 32.2. The summed E-state index contributed by atoms with van der Waals surface area (Å²) in [6.07, 6.45) is 4.04. The number of sulfone groups is 1. The highest BCUT2D eigenvalue weighted by Crippen LogP contribution is 2.16. The van der Waals surface area contributed by atoms with Crippen LogP contribution in [0.25, 0.3) is 6.08 Å². The first-order valence-electron chi connectivity index (χ1n) is 5.81. The number of rotatable bonds is 2. The number of nitrogens with zero attached hydrogens (tertiary/aromatic N) is 1. The molecule has 0 amide bonds. The molecule has 0 aliphatic carbocycles. The van der Waals surface area contributed by atoms with Crippen molar-refractivity contribution in [2.75, 3.05) is 6.26 Å². The topological polar surface area (TPSA) is 69.4 Å². The van der Waals surface area contributed by atoms with Gasteiger partial charge in [-0.1, -0.05) is 42.0 Å². The summed E-state index contributed by atoms with van der Waals surface area (Å²) in [6, 6.07) is 7.83. The van der Waals surface area contributed by atoms with E-state index in [0.717, 1.165) is 17.4 Å². The Morgan fingerprint density at radius 3 is 2.53 bits per heavy atom. The largest absolute Gasteiger partial charge is 0.394 e. The summed E-state index contributed by atoms with van der Waals surface area (Å²) >= 11 is 0. The van der Waals surface area contributed by atoms with Crippen LogP contribution in [0.15, 0.2) is 30.3 Å².